The smallest absolute Gasteiger partial charge is 0.273 e. The number of aromatic nitrogens is 1. The molecule has 0 unspecified atom stereocenters. The average molecular weight is 365 g/mol. The van der Waals surface area contributed by atoms with Crippen LogP contribution in [-0.2, 0) is 4.74 Å². The second-order valence-electron chi connectivity index (χ2n) is 8.23. The predicted octanol–water partition coefficient (Wildman–Crippen LogP) is 2.95. The van der Waals surface area contributed by atoms with Gasteiger partial charge in [-0.3, -0.25) is 14.7 Å². The number of amides is 1. The number of benzene rings is 1. The van der Waals surface area contributed by atoms with Gasteiger partial charge in [0.05, 0.1) is 0 Å². The molecule has 1 saturated carbocycles. The zero-order valence-electron chi connectivity index (χ0n) is 15.7. The Morgan fingerprint density at radius 1 is 1.07 bits per heavy atom. The van der Waals surface area contributed by atoms with Gasteiger partial charge >= 0.3 is 0 Å². The largest absolute Gasteiger partial charge is 0.381 e. The molecule has 5 nitrogen and oxygen atoms in total. The molecule has 0 radical (unpaired) electrons. The van der Waals surface area contributed by atoms with Gasteiger partial charge in [0.1, 0.15) is 5.69 Å². The Bertz CT molecular complexity index is 818. The van der Waals surface area contributed by atoms with E-state index >= 15 is 0 Å². The van der Waals surface area contributed by atoms with Crippen molar-refractivity contribution in [2.45, 2.75) is 37.8 Å². The van der Waals surface area contributed by atoms with Crippen molar-refractivity contribution in [3.05, 3.63) is 42.2 Å². The molecule has 5 rings (SSSR count). The van der Waals surface area contributed by atoms with E-state index in [-0.39, 0.29) is 5.91 Å². The highest BCUT2D eigenvalue weighted by atomic mass is 16.5. The quantitative estimate of drug-likeness (QED) is 0.817. The Morgan fingerprint density at radius 2 is 1.85 bits per heavy atom. The zero-order valence-corrected chi connectivity index (χ0v) is 15.7. The molecule has 1 aromatic heterocycles. The van der Waals surface area contributed by atoms with Crippen molar-refractivity contribution >= 4 is 16.7 Å². The molecule has 142 valence electrons. The van der Waals surface area contributed by atoms with Gasteiger partial charge in [0.2, 0.25) is 0 Å². The summed E-state index contributed by atoms with van der Waals surface area (Å²) in [6.07, 6.45) is 6.74. The molecular weight excluding hydrogens is 338 g/mol. The first kappa shape index (κ1) is 17.1. The monoisotopic (exact) mass is 365 g/mol. The van der Waals surface area contributed by atoms with E-state index in [9.17, 15) is 4.79 Å². The highest BCUT2D eigenvalue weighted by Crippen LogP contribution is 2.34. The molecule has 0 bridgehead atoms. The molecule has 2 saturated heterocycles. The maximum Gasteiger partial charge on any atom is 0.273 e. The number of hydrogen-bond donors (Lipinski definition) is 0. The molecule has 27 heavy (non-hydrogen) atoms. The van der Waals surface area contributed by atoms with E-state index in [1.807, 2.05) is 35.2 Å². The summed E-state index contributed by atoms with van der Waals surface area (Å²) < 4.78 is 5.56. The second-order valence-corrected chi connectivity index (χ2v) is 8.23. The zero-order chi connectivity index (χ0) is 18.2. The molecule has 0 atom stereocenters. The Hall–Kier alpha value is -1.98. The maximum atomic E-state index is 13.0. The molecule has 1 aliphatic carbocycles. The predicted molar refractivity (Wildman–Crippen MR) is 105 cm³/mol. The van der Waals surface area contributed by atoms with Crippen LogP contribution < -0.4 is 0 Å². The van der Waals surface area contributed by atoms with E-state index in [0.717, 1.165) is 55.8 Å². The molecule has 1 aromatic carbocycles. The standard InChI is InChI=1S/C22H27N3O2/c26-22(21-20-4-2-1-3-17(20)7-10-23-21)24-14-19(15-24)25(13-16-5-6-16)18-8-11-27-12-9-18/h1-4,7,10,16,18-19H,5-6,8-9,11-15H2. The fraction of sp³-hybridized carbons (Fsp3) is 0.545. The third-order valence-electron chi connectivity index (χ3n) is 6.32. The molecule has 0 spiro atoms. The van der Waals surface area contributed by atoms with Gasteiger partial charge in [-0.2, -0.15) is 0 Å². The Morgan fingerprint density at radius 3 is 2.63 bits per heavy atom. The lowest BCUT2D eigenvalue weighted by Gasteiger charge is -2.49. The van der Waals surface area contributed by atoms with E-state index in [4.69, 9.17) is 4.74 Å². The van der Waals surface area contributed by atoms with Gasteiger partial charge in [0, 0.05) is 56.5 Å². The second kappa shape index (κ2) is 7.21. The summed E-state index contributed by atoms with van der Waals surface area (Å²) in [6.45, 7) is 4.60. The third kappa shape index (κ3) is 3.46. The van der Waals surface area contributed by atoms with Crippen LogP contribution in [0.1, 0.15) is 36.2 Å². The summed E-state index contributed by atoms with van der Waals surface area (Å²) in [4.78, 5) is 22.1. The van der Waals surface area contributed by atoms with Gasteiger partial charge in [-0.15, -0.1) is 0 Å². The highest BCUT2D eigenvalue weighted by Gasteiger charge is 2.41. The first-order valence-electron chi connectivity index (χ1n) is 10.3. The molecule has 3 heterocycles. The van der Waals surface area contributed by atoms with Gasteiger partial charge < -0.3 is 9.64 Å². The first-order chi connectivity index (χ1) is 13.3. The van der Waals surface area contributed by atoms with Crippen molar-refractivity contribution in [1.82, 2.24) is 14.8 Å². The van der Waals surface area contributed by atoms with Crippen LogP contribution in [0.3, 0.4) is 0 Å². The van der Waals surface area contributed by atoms with Crippen LogP contribution in [0, 0.1) is 5.92 Å². The number of carbonyl (C=O) groups excluding carboxylic acids is 1. The molecule has 1 amide bonds. The normalized spacial score (nSPS) is 21.6. The molecular formula is C22H27N3O2. The third-order valence-corrected chi connectivity index (χ3v) is 6.32. The van der Waals surface area contributed by atoms with E-state index in [0.29, 0.717) is 17.8 Å². The minimum absolute atomic E-state index is 0.0707. The van der Waals surface area contributed by atoms with Crippen molar-refractivity contribution in [3.63, 3.8) is 0 Å². The number of rotatable bonds is 5. The lowest BCUT2D eigenvalue weighted by atomic mass is 9.98. The summed E-state index contributed by atoms with van der Waals surface area (Å²) in [5.74, 6) is 0.943. The number of carbonyl (C=O) groups is 1. The van der Waals surface area contributed by atoms with Gasteiger partial charge in [-0.05, 0) is 43.1 Å². The minimum Gasteiger partial charge on any atom is -0.381 e. The van der Waals surface area contributed by atoms with Gasteiger partial charge in [-0.1, -0.05) is 24.3 Å². The maximum absolute atomic E-state index is 13.0. The molecule has 0 N–H and O–H groups in total. The van der Waals surface area contributed by atoms with Crippen LogP contribution in [0.25, 0.3) is 10.8 Å². The minimum atomic E-state index is 0.0707. The van der Waals surface area contributed by atoms with Crippen LogP contribution in [0.5, 0.6) is 0 Å². The molecule has 5 heteroatoms. The van der Waals surface area contributed by atoms with Gasteiger partial charge in [-0.25, -0.2) is 0 Å². The van der Waals surface area contributed by atoms with Crippen LogP contribution >= 0.6 is 0 Å². The number of hydrogen-bond acceptors (Lipinski definition) is 4. The molecule has 3 aliphatic rings. The van der Waals surface area contributed by atoms with E-state index in [2.05, 4.69) is 9.88 Å². The lowest BCUT2D eigenvalue weighted by molar-refractivity contribution is -0.0268. The van der Waals surface area contributed by atoms with Crippen LogP contribution in [0.4, 0.5) is 0 Å². The summed E-state index contributed by atoms with van der Waals surface area (Å²) in [5.41, 5.74) is 0.589. The van der Waals surface area contributed by atoms with Crippen LogP contribution in [-0.4, -0.2) is 65.6 Å². The van der Waals surface area contributed by atoms with Crippen molar-refractivity contribution < 1.29 is 9.53 Å². The fourth-order valence-electron chi connectivity index (χ4n) is 4.48. The van der Waals surface area contributed by atoms with Crippen molar-refractivity contribution in [2.75, 3.05) is 32.8 Å². The number of likely N-dealkylation sites (tertiary alicyclic amines) is 1. The summed E-state index contributed by atoms with van der Waals surface area (Å²) in [7, 11) is 0. The fourth-order valence-corrected chi connectivity index (χ4v) is 4.48. The molecule has 2 aromatic rings. The Labute approximate surface area is 160 Å². The van der Waals surface area contributed by atoms with Crippen LogP contribution in [0.15, 0.2) is 36.5 Å². The van der Waals surface area contributed by atoms with E-state index in [1.54, 1.807) is 6.20 Å². The summed E-state index contributed by atoms with van der Waals surface area (Å²) >= 11 is 0. The summed E-state index contributed by atoms with van der Waals surface area (Å²) in [5, 5.41) is 2.03. The van der Waals surface area contributed by atoms with Gasteiger partial charge in [0.15, 0.2) is 0 Å². The number of fused-ring (bicyclic) bond motifs is 1. The number of pyridine rings is 1. The first-order valence-corrected chi connectivity index (χ1v) is 10.3. The lowest BCUT2D eigenvalue weighted by Crippen LogP contribution is -2.64. The van der Waals surface area contributed by atoms with Crippen molar-refractivity contribution in [3.8, 4) is 0 Å². The Balaban J connectivity index is 1.28. The highest BCUT2D eigenvalue weighted by molar-refractivity contribution is 6.05. The summed E-state index contributed by atoms with van der Waals surface area (Å²) in [6, 6.07) is 11.1. The number of nitrogens with zero attached hydrogens (tertiary/aromatic N) is 3. The average Bonchev–Trinajstić information content (AvgIpc) is 3.50. The van der Waals surface area contributed by atoms with E-state index < -0.39 is 0 Å². The van der Waals surface area contributed by atoms with E-state index in [1.165, 1.54) is 19.4 Å². The molecule has 3 fully saturated rings. The van der Waals surface area contributed by atoms with Crippen molar-refractivity contribution in [2.24, 2.45) is 5.92 Å². The number of ether oxygens (including phenoxy) is 1. The topological polar surface area (TPSA) is 45.7 Å². The van der Waals surface area contributed by atoms with Crippen molar-refractivity contribution in [1.29, 1.82) is 0 Å². The van der Waals surface area contributed by atoms with Gasteiger partial charge in [0.25, 0.3) is 5.91 Å². The SMILES string of the molecule is O=C(c1nccc2ccccc12)N1CC(N(CC2CC2)C2CCOCC2)C1. The van der Waals surface area contributed by atoms with Crippen LogP contribution in [0.2, 0.25) is 0 Å². The Kier molecular flexibility index (Phi) is 4.58. The molecule has 2 aliphatic heterocycles.